The van der Waals surface area contributed by atoms with E-state index in [0.717, 1.165) is 18.6 Å². The summed E-state index contributed by atoms with van der Waals surface area (Å²) in [5.74, 6) is 0.733. The molecular weight excluding hydrogens is 336 g/mol. The van der Waals surface area contributed by atoms with Gasteiger partial charge in [-0.2, -0.15) is 0 Å². The molecular formula is C20H27ClN2O2. The first kappa shape index (κ1) is 21.0. The van der Waals surface area contributed by atoms with E-state index in [0.29, 0.717) is 31.8 Å². The summed E-state index contributed by atoms with van der Waals surface area (Å²) >= 11 is 0. The van der Waals surface area contributed by atoms with Crippen LogP contribution in [0.5, 0.6) is 5.75 Å². The summed E-state index contributed by atoms with van der Waals surface area (Å²) in [6, 6.07) is 17.5. The SMILES string of the molecule is CCCOc1cccc(C(=O)N(CCN)CCc2ccccc2)c1.Cl. The van der Waals surface area contributed by atoms with Gasteiger partial charge in [-0.05, 0) is 36.6 Å². The third-order valence-electron chi connectivity index (χ3n) is 3.75. The van der Waals surface area contributed by atoms with Crippen LogP contribution in [0, 0.1) is 0 Å². The predicted octanol–water partition coefficient (Wildman–Crippen LogP) is 3.54. The van der Waals surface area contributed by atoms with Crippen LogP contribution in [0.15, 0.2) is 54.6 Å². The van der Waals surface area contributed by atoms with Crippen molar-refractivity contribution in [1.29, 1.82) is 0 Å². The summed E-state index contributed by atoms with van der Waals surface area (Å²) in [6.45, 7) is 4.36. The van der Waals surface area contributed by atoms with Crippen LogP contribution in [0.1, 0.15) is 29.3 Å². The lowest BCUT2D eigenvalue weighted by atomic mass is 10.1. The lowest BCUT2D eigenvalue weighted by Gasteiger charge is -2.22. The van der Waals surface area contributed by atoms with E-state index in [4.69, 9.17) is 10.5 Å². The normalized spacial score (nSPS) is 10.0. The Labute approximate surface area is 156 Å². The van der Waals surface area contributed by atoms with Crippen molar-refractivity contribution >= 4 is 18.3 Å². The van der Waals surface area contributed by atoms with Gasteiger partial charge in [-0.1, -0.05) is 43.3 Å². The molecule has 4 nitrogen and oxygen atoms in total. The first-order valence-corrected chi connectivity index (χ1v) is 8.50. The molecule has 0 spiro atoms. The van der Waals surface area contributed by atoms with Crippen molar-refractivity contribution in [2.75, 3.05) is 26.2 Å². The second kappa shape index (κ2) is 11.5. The minimum atomic E-state index is -0.00155. The van der Waals surface area contributed by atoms with Crippen molar-refractivity contribution < 1.29 is 9.53 Å². The van der Waals surface area contributed by atoms with Crippen LogP contribution in [-0.2, 0) is 6.42 Å². The predicted molar refractivity (Wildman–Crippen MR) is 105 cm³/mol. The van der Waals surface area contributed by atoms with Crippen LogP contribution in [-0.4, -0.2) is 37.0 Å². The van der Waals surface area contributed by atoms with Crippen molar-refractivity contribution in [3.63, 3.8) is 0 Å². The number of halogens is 1. The Balaban J connectivity index is 0.00000312. The lowest BCUT2D eigenvalue weighted by Crippen LogP contribution is -2.36. The summed E-state index contributed by atoms with van der Waals surface area (Å²) in [4.78, 5) is 14.6. The van der Waals surface area contributed by atoms with Gasteiger partial charge in [-0.15, -0.1) is 12.4 Å². The van der Waals surface area contributed by atoms with E-state index < -0.39 is 0 Å². The topological polar surface area (TPSA) is 55.6 Å². The highest BCUT2D eigenvalue weighted by Gasteiger charge is 2.15. The number of hydrogen-bond acceptors (Lipinski definition) is 3. The Bertz CT molecular complexity index is 635. The van der Waals surface area contributed by atoms with Gasteiger partial charge in [0, 0.05) is 25.2 Å². The molecule has 0 aromatic heterocycles. The molecule has 0 saturated heterocycles. The molecule has 0 aliphatic heterocycles. The number of nitrogens with two attached hydrogens (primary N) is 1. The number of carbonyl (C=O) groups excluding carboxylic acids is 1. The molecule has 1 amide bonds. The molecule has 2 aromatic carbocycles. The van der Waals surface area contributed by atoms with E-state index in [1.165, 1.54) is 5.56 Å². The Hall–Kier alpha value is -2.04. The van der Waals surface area contributed by atoms with Crippen LogP contribution in [0.2, 0.25) is 0 Å². The fourth-order valence-corrected chi connectivity index (χ4v) is 2.50. The number of benzene rings is 2. The summed E-state index contributed by atoms with van der Waals surface area (Å²) in [5, 5.41) is 0. The molecule has 2 aromatic rings. The van der Waals surface area contributed by atoms with Gasteiger partial charge < -0.3 is 15.4 Å². The second-order valence-corrected chi connectivity index (χ2v) is 5.69. The van der Waals surface area contributed by atoms with Crippen molar-refractivity contribution in [2.45, 2.75) is 19.8 Å². The molecule has 2 rings (SSSR count). The Morgan fingerprint density at radius 2 is 1.84 bits per heavy atom. The summed E-state index contributed by atoms with van der Waals surface area (Å²) in [7, 11) is 0. The number of rotatable bonds is 9. The number of ether oxygens (including phenoxy) is 1. The van der Waals surface area contributed by atoms with E-state index >= 15 is 0 Å². The average Bonchev–Trinajstić information content (AvgIpc) is 2.64. The molecule has 0 bridgehead atoms. The van der Waals surface area contributed by atoms with Gasteiger partial charge >= 0.3 is 0 Å². The molecule has 0 heterocycles. The minimum Gasteiger partial charge on any atom is -0.494 e. The molecule has 25 heavy (non-hydrogen) atoms. The maximum atomic E-state index is 12.8. The number of carbonyl (C=O) groups is 1. The maximum absolute atomic E-state index is 12.8. The van der Waals surface area contributed by atoms with Crippen LogP contribution >= 0.6 is 12.4 Å². The second-order valence-electron chi connectivity index (χ2n) is 5.69. The molecule has 136 valence electrons. The average molecular weight is 363 g/mol. The first-order chi connectivity index (χ1) is 11.7. The standard InChI is InChI=1S/C20H26N2O2.ClH/c1-2-15-24-19-10-6-9-18(16-19)20(23)22(14-12-21)13-11-17-7-4-3-5-8-17;/h3-10,16H,2,11-15,21H2,1H3;1H. The number of amides is 1. The fraction of sp³-hybridized carbons (Fsp3) is 0.350. The molecule has 0 fully saturated rings. The molecule has 2 N–H and O–H groups in total. The van der Waals surface area contributed by atoms with Gasteiger partial charge in [0.25, 0.3) is 5.91 Å². The monoisotopic (exact) mass is 362 g/mol. The van der Waals surface area contributed by atoms with Crippen LogP contribution < -0.4 is 10.5 Å². The highest BCUT2D eigenvalue weighted by atomic mass is 35.5. The Kier molecular flexibility index (Phi) is 9.66. The lowest BCUT2D eigenvalue weighted by molar-refractivity contribution is 0.0761. The maximum Gasteiger partial charge on any atom is 0.254 e. The third kappa shape index (κ3) is 6.77. The van der Waals surface area contributed by atoms with Crippen molar-refractivity contribution in [1.82, 2.24) is 4.90 Å². The smallest absolute Gasteiger partial charge is 0.254 e. The molecule has 0 aliphatic rings. The number of hydrogen-bond donors (Lipinski definition) is 1. The van der Waals surface area contributed by atoms with E-state index in [-0.39, 0.29) is 18.3 Å². The molecule has 5 heteroatoms. The zero-order chi connectivity index (χ0) is 17.2. The largest absolute Gasteiger partial charge is 0.494 e. The van der Waals surface area contributed by atoms with E-state index in [9.17, 15) is 4.79 Å². The van der Waals surface area contributed by atoms with Gasteiger partial charge in [0.1, 0.15) is 5.75 Å². The molecule has 0 atom stereocenters. The van der Waals surface area contributed by atoms with Crippen molar-refractivity contribution in [3.8, 4) is 5.75 Å². The van der Waals surface area contributed by atoms with E-state index in [1.807, 2.05) is 47.4 Å². The highest BCUT2D eigenvalue weighted by molar-refractivity contribution is 5.94. The van der Waals surface area contributed by atoms with Crippen LogP contribution in [0.4, 0.5) is 0 Å². The molecule has 0 radical (unpaired) electrons. The van der Waals surface area contributed by atoms with E-state index in [1.54, 1.807) is 0 Å². The van der Waals surface area contributed by atoms with Gasteiger partial charge in [0.15, 0.2) is 0 Å². The summed E-state index contributed by atoms with van der Waals surface area (Å²) in [5.41, 5.74) is 7.55. The fourth-order valence-electron chi connectivity index (χ4n) is 2.50. The van der Waals surface area contributed by atoms with E-state index in [2.05, 4.69) is 19.1 Å². The molecule has 0 unspecified atom stereocenters. The van der Waals surface area contributed by atoms with Crippen molar-refractivity contribution in [2.24, 2.45) is 5.73 Å². The zero-order valence-corrected chi connectivity index (χ0v) is 15.5. The van der Waals surface area contributed by atoms with Gasteiger partial charge in [0.2, 0.25) is 0 Å². The first-order valence-electron chi connectivity index (χ1n) is 8.50. The molecule has 0 aliphatic carbocycles. The summed E-state index contributed by atoms with van der Waals surface area (Å²) in [6.07, 6.45) is 1.76. The minimum absolute atomic E-state index is 0. The Morgan fingerprint density at radius 1 is 1.08 bits per heavy atom. The zero-order valence-electron chi connectivity index (χ0n) is 14.7. The van der Waals surface area contributed by atoms with Crippen LogP contribution in [0.25, 0.3) is 0 Å². The highest BCUT2D eigenvalue weighted by Crippen LogP contribution is 2.16. The van der Waals surface area contributed by atoms with Crippen LogP contribution in [0.3, 0.4) is 0 Å². The van der Waals surface area contributed by atoms with Gasteiger partial charge in [-0.3, -0.25) is 4.79 Å². The summed E-state index contributed by atoms with van der Waals surface area (Å²) < 4.78 is 5.62. The van der Waals surface area contributed by atoms with Gasteiger partial charge in [0.05, 0.1) is 6.61 Å². The third-order valence-corrected chi connectivity index (χ3v) is 3.75. The quantitative estimate of drug-likeness (QED) is 0.742. The van der Waals surface area contributed by atoms with Gasteiger partial charge in [-0.25, -0.2) is 0 Å². The van der Waals surface area contributed by atoms with Crippen molar-refractivity contribution in [3.05, 3.63) is 65.7 Å². The number of nitrogens with zero attached hydrogens (tertiary/aromatic N) is 1. The molecule has 0 saturated carbocycles. The Morgan fingerprint density at radius 3 is 2.52 bits per heavy atom.